The van der Waals surface area contributed by atoms with Crippen molar-refractivity contribution in [3.63, 3.8) is 0 Å². The van der Waals surface area contributed by atoms with Crippen LogP contribution in [-0.2, 0) is 23.7 Å². The van der Waals surface area contributed by atoms with Gasteiger partial charge in [-0.05, 0) is 6.42 Å². The molecular weight excluding hydrogens is 240 g/mol. The molecule has 6 heteroatoms. The van der Waals surface area contributed by atoms with E-state index in [2.05, 4.69) is 0 Å². The van der Waals surface area contributed by atoms with Gasteiger partial charge in [-0.2, -0.15) is 0 Å². The SMILES string of the molecule is COC(COC[SiH2]CCCOCC1CO1)OC. The summed E-state index contributed by atoms with van der Waals surface area (Å²) in [6.45, 7) is 3.02. The highest BCUT2D eigenvalue weighted by atomic mass is 28.2. The van der Waals surface area contributed by atoms with Crippen LogP contribution >= 0.6 is 0 Å². The number of hydrogen-bond acceptors (Lipinski definition) is 5. The lowest BCUT2D eigenvalue weighted by Crippen LogP contribution is -2.21. The summed E-state index contributed by atoms with van der Waals surface area (Å²) in [5.41, 5.74) is 0. The molecule has 1 rings (SSSR count). The van der Waals surface area contributed by atoms with E-state index in [1.807, 2.05) is 0 Å². The fraction of sp³-hybridized carbons (Fsp3) is 1.00. The molecule has 0 spiro atoms. The van der Waals surface area contributed by atoms with E-state index >= 15 is 0 Å². The van der Waals surface area contributed by atoms with E-state index in [4.69, 9.17) is 23.7 Å². The Morgan fingerprint density at radius 3 is 2.71 bits per heavy atom. The molecule has 0 aromatic rings. The molecule has 0 aromatic heterocycles. The summed E-state index contributed by atoms with van der Waals surface area (Å²) < 4.78 is 26.0. The lowest BCUT2D eigenvalue weighted by Gasteiger charge is -2.13. The van der Waals surface area contributed by atoms with Crippen molar-refractivity contribution in [2.24, 2.45) is 0 Å². The third-order valence-electron chi connectivity index (χ3n) is 2.56. The third kappa shape index (κ3) is 8.70. The summed E-state index contributed by atoms with van der Waals surface area (Å²) in [5.74, 6) is 0. The molecule has 102 valence electrons. The summed E-state index contributed by atoms with van der Waals surface area (Å²) in [7, 11) is 3.12. The molecule has 1 heterocycles. The van der Waals surface area contributed by atoms with Crippen molar-refractivity contribution in [2.75, 3.05) is 46.9 Å². The summed E-state index contributed by atoms with van der Waals surface area (Å²) in [6, 6.07) is 1.26. The normalized spacial score (nSPS) is 19.6. The van der Waals surface area contributed by atoms with Gasteiger partial charge in [0.1, 0.15) is 6.10 Å². The first-order chi connectivity index (χ1) is 8.36. The largest absolute Gasteiger partial charge is 0.380 e. The van der Waals surface area contributed by atoms with Gasteiger partial charge >= 0.3 is 0 Å². The Bertz CT molecular complexity index is 173. The van der Waals surface area contributed by atoms with Crippen molar-refractivity contribution in [3.05, 3.63) is 0 Å². The van der Waals surface area contributed by atoms with E-state index in [1.54, 1.807) is 14.2 Å². The number of methoxy groups -OCH3 is 2. The Kier molecular flexibility index (Phi) is 8.86. The zero-order chi connectivity index (χ0) is 12.3. The van der Waals surface area contributed by atoms with E-state index in [0.717, 1.165) is 32.5 Å². The molecule has 0 saturated carbocycles. The van der Waals surface area contributed by atoms with Gasteiger partial charge in [-0.1, -0.05) is 6.04 Å². The maximum absolute atomic E-state index is 5.48. The van der Waals surface area contributed by atoms with Gasteiger partial charge in [-0.15, -0.1) is 0 Å². The average molecular weight is 264 g/mol. The zero-order valence-electron chi connectivity index (χ0n) is 10.9. The first-order valence-corrected chi connectivity index (χ1v) is 8.19. The predicted molar refractivity (Wildman–Crippen MR) is 67.2 cm³/mol. The first-order valence-electron chi connectivity index (χ1n) is 6.19. The third-order valence-corrected chi connectivity index (χ3v) is 4.14. The molecule has 1 unspecified atom stereocenters. The minimum absolute atomic E-state index is 0.123. The Morgan fingerprint density at radius 2 is 2.06 bits per heavy atom. The summed E-state index contributed by atoms with van der Waals surface area (Å²) in [4.78, 5) is 0. The van der Waals surface area contributed by atoms with E-state index in [-0.39, 0.29) is 15.8 Å². The maximum atomic E-state index is 5.48. The second-order valence-corrected chi connectivity index (χ2v) is 5.89. The molecular formula is C11H24O5Si. The van der Waals surface area contributed by atoms with Gasteiger partial charge in [0.05, 0.1) is 29.3 Å². The first kappa shape index (κ1) is 15.1. The monoisotopic (exact) mass is 264 g/mol. The Labute approximate surface area is 106 Å². The standard InChI is InChI=1S/C11H24O5Si/c1-12-11(13-2)8-15-9-17-5-3-4-14-6-10-7-16-10/h10-11H,3-9,17H2,1-2H3. The van der Waals surface area contributed by atoms with E-state index in [1.165, 1.54) is 6.04 Å². The predicted octanol–water partition coefficient (Wildman–Crippen LogP) is -0.0280. The second-order valence-electron chi connectivity index (χ2n) is 4.07. The Hall–Kier alpha value is 0.0169. The van der Waals surface area contributed by atoms with Crippen molar-refractivity contribution in [2.45, 2.75) is 24.9 Å². The van der Waals surface area contributed by atoms with Crippen LogP contribution in [0.3, 0.4) is 0 Å². The summed E-state index contributed by atoms with van der Waals surface area (Å²) in [5, 5.41) is 0. The van der Waals surface area contributed by atoms with E-state index in [0.29, 0.717) is 12.7 Å². The smallest absolute Gasteiger partial charge is 0.180 e. The minimum Gasteiger partial charge on any atom is -0.380 e. The van der Waals surface area contributed by atoms with Crippen molar-refractivity contribution < 1.29 is 23.7 Å². The van der Waals surface area contributed by atoms with Crippen molar-refractivity contribution in [1.29, 1.82) is 0 Å². The highest BCUT2D eigenvalue weighted by Crippen LogP contribution is 2.08. The molecule has 5 nitrogen and oxygen atoms in total. The van der Waals surface area contributed by atoms with Crippen LogP contribution in [0.4, 0.5) is 0 Å². The molecule has 0 radical (unpaired) electrons. The second kappa shape index (κ2) is 9.99. The van der Waals surface area contributed by atoms with Gasteiger partial charge < -0.3 is 23.7 Å². The van der Waals surface area contributed by atoms with Gasteiger partial charge in [-0.25, -0.2) is 0 Å². The molecule has 1 aliphatic rings. The highest BCUT2D eigenvalue weighted by molar-refractivity contribution is 6.35. The molecule has 0 amide bonds. The summed E-state index contributed by atoms with van der Waals surface area (Å²) >= 11 is 0. The van der Waals surface area contributed by atoms with Crippen LogP contribution in [-0.4, -0.2) is 68.8 Å². The minimum atomic E-state index is -0.231. The molecule has 0 aromatic carbocycles. The molecule has 1 atom stereocenters. The molecule has 0 bridgehead atoms. The van der Waals surface area contributed by atoms with Crippen molar-refractivity contribution >= 4 is 9.52 Å². The number of rotatable bonds is 12. The van der Waals surface area contributed by atoms with E-state index in [9.17, 15) is 0 Å². The zero-order valence-corrected chi connectivity index (χ0v) is 12.3. The van der Waals surface area contributed by atoms with Crippen LogP contribution in [0.1, 0.15) is 6.42 Å². The van der Waals surface area contributed by atoms with Crippen LogP contribution < -0.4 is 0 Å². The Morgan fingerprint density at radius 1 is 1.29 bits per heavy atom. The van der Waals surface area contributed by atoms with Crippen molar-refractivity contribution in [1.82, 2.24) is 0 Å². The highest BCUT2D eigenvalue weighted by Gasteiger charge is 2.21. The average Bonchev–Trinajstić information content (AvgIpc) is 3.16. The molecule has 17 heavy (non-hydrogen) atoms. The Balaban J connectivity index is 1.71. The number of epoxide rings is 1. The van der Waals surface area contributed by atoms with Crippen LogP contribution in [0.5, 0.6) is 0 Å². The molecule has 1 aliphatic heterocycles. The van der Waals surface area contributed by atoms with Gasteiger partial charge in [0.25, 0.3) is 0 Å². The molecule has 0 N–H and O–H groups in total. The van der Waals surface area contributed by atoms with Gasteiger partial charge in [0, 0.05) is 27.1 Å². The maximum Gasteiger partial charge on any atom is 0.180 e. The number of ether oxygens (including phenoxy) is 5. The summed E-state index contributed by atoms with van der Waals surface area (Å²) in [6.07, 6.45) is 2.18. The van der Waals surface area contributed by atoms with E-state index < -0.39 is 0 Å². The van der Waals surface area contributed by atoms with Crippen LogP contribution in [0.25, 0.3) is 0 Å². The quantitative estimate of drug-likeness (QED) is 0.214. The molecule has 1 fully saturated rings. The lowest BCUT2D eigenvalue weighted by molar-refractivity contribution is -0.136. The van der Waals surface area contributed by atoms with Crippen LogP contribution in [0.15, 0.2) is 0 Å². The van der Waals surface area contributed by atoms with Crippen LogP contribution in [0.2, 0.25) is 6.04 Å². The lowest BCUT2D eigenvalue weighted by atomic mass is 10.5. The fourth-order valence-electron chi connectivity index (χ4n) is 1.38. The fourth-order valence-corrected chi connectivity index (χ4v) is 2.51. The van der Waals surface area contributed by atoms with Crippen molar-refractivity contribution in [3.8, 4) is 0 Å². The van der Waals surface area contributed by atoms with Gasteiger partial charge in [0.15, 0.2) is 6.29 Å². The van der Waals surface area contributed by atoms with Crippen LogP contribution in [0, 0.1) is 0 Å². The van der Waals surface area contributed by atoms with Gasteiger partial charge in [0.2, 0.25) is 0 Å². The number of hydrogen-bond donors (Lipinski definition) is 0. The topological polar surface area (TPSA) is 49.5 Å². The van der Waals surface area contributed by atoms with Gasteiger partial charge in [-0.3, -0.25) is 0 Å². The molecule has 0 aliphatic carbocycles. The molecule has 1 saturated heterocycles.